The Morgan fingerprint density at radius 1 is 1.53 bits per heavy atom. The van der Waals surface area contributed by atoms with E-state index in [0.29, 0.717) is 6.42 Å². The Hall–Kier alpha value is -0.303. The van der Waals surface area contributed by atoms with E-state index in [9.17, 15) is 0 Å². The molecule has 3 atom stereocenters. The molecule has 1 aliphatic rings. The van der Waals surface area contributed by atoms with Crippen LogP contribution in [0.3, 0.4) is 0 Å². The highest BCUT2D eigenvalue weighted by atomic mass is 28.4. The third kappa shape index (κ3) is 2.84. The molecule has 0 amide bonds. The zero-order valence-corrected chi connectivity index (χ0v) is 11.3. The molecule has 0 saturated carbocycles. The second-order valence-corrected chi connectivity index (χ2v) is 10.3. The Bertz CT molecular complexity index is 290. The standard InChI is InChI=1S/C12H22O2Si/c1-7-10-11(8-9-13-10)14-15(5,6)12(2,3)4/h1,10-11H,8-9H2,2-6H3/t10-,11+/m1/s1/i9T/t9-,10+,11-/m0. The molecule has 86 valence electrons. The summed E-state index contributed by atoms with van der Waals surface area (Å²) in [6.45, 7) is 10.4. The maximum Gasteiger partial charge on any atom is 0.192 e. The SMILES string of the molecule is [3H][C@H]1C[C@H](O[Si](C)(C)C(C)(C)C)[C@@H](C#C)O1. The van der Waals surface area contributed by atoms with Gasteiger partial charge in [0.25, 0.3) is 0 Å². The number of ether oxygens (including phenoxy) is 1. The van der Waals surface area contributed by atoms with Crippen molar-refractivity contribution < 1.29 is 10.5 Å². The smallest absolute Gasteiger partial charge is 0.192 e. The van der Waals surface area contributed by atoms with Crippen molar-refractivity contribution in [1.82, 2.24) is 0 Å². The van der Waals surface area contributed by atoms with Gasteiger partial charge in [0.2, 0.25) is 0 Å². The summed E-state index contributed by atoms with van der Waals surface area (Å²) in [6.07, 6.45) is 5.52. The van der Waals surface area contributed by atoms with Crippen molar-refractivity contribution >= 4 is 8.32 Å². The van der Waals surface area contributed by atoms with Crippen LogP contribution in [-0.4, -0.2) is 27.1 Å². The van der Waals surface area contributed by atoms with Gasteiger partial charge in [-0.2, -0.15) is 0 Å². The molecule has 0 unspecified atom stereocenters. The predicted octanol–water partition coefficient (Wildman–Crippen LogP) is 2.80. The fourth-order valence-corrected chi connectivity index (χ4v) is 2.61. The lowest BCUT2D eigenvalue weighted by Crippen LogP contribution is -2.45. The first-order valence-electron chi connectivity index (χ1n) is 5.97. The number of terminal acetylenes is 1. The topological polar surface area (TPSA) is 18.5 Å². The van der Waals surface area contributed by atoms with E-state index in [2.05, 4.69) is 39.8 Å². The minimum Gasteiger partial charge on any atom is -0.410 e. The molecule has 3 heteroatoms. The zero-order valence-electron chi connectivity index (χ0n) is 11.3. The molecule has 1 aliphatic heterocycles. The number of hydrogen-bond donors (Lipinski definition) is 0. The molecule has 0 N–H and O–H groups in total. The van der Waals surface area contributed by atoms with Gasteiger partial charge in [-0.3, -0.25) is 0 Å². The fraction of sp³-hybridized carbons (Fsp3) is 0.833. The van der Waals surface area contributed by atoms with Crippen LogP contribution in [0.1, 0.15) is 28.6 Å². The van der Waals surface area contributed by atoms with Gasteiger partial charge < -0.3 is 9.16 Å². The highest BCUT2D eigenvalue weighted by Gasteiger charge is 2.41. The van der Waals surface area contributed by atoms with E-state index >= 15 is 0 Å². The number of rotatable bonds is 2. The average molecular weight is 228 g/mol. The summed E-state index contributed by atoms with van der Waals surface area (Å²) in [5.41, 5.74) is 0. The van der Waals surface area contributed by atoms with E-state index in [0.717, 1.165) is 0 Å². The van der Waals surface area contributed by atoms with Crippen molar-refractivity contribution in [2.24, 2.45) is 0 Å². The first-order chi connectivity index (χ1) is 7.17. The van der Waals surface area contributed by atoms with Crippen molar-refractivity contribution in [2.75, 3.05) is 6.58 Å². The summed E-state index contributed by atoms with van der Waals surface area (Å²) < 4.78 is 19.1. The van der Waals surface area contributed by atoms with Crippen molar-refractivity contribution in [3.8, 4) is 12.3 Å². The first kappa shape index (κ1) is 11.2. The summed E-state index contributed by atoms with van der Waals surface area (Å²) >= 11 is 0. The van der Waals surface area contributed by atoms with Crippen molar-refractivity contribution in [3.05, 3.63) is 0 Å². The van der Waals surface area contributed by atoms with Gasteiger partial charge in [0.05, 0.1) is 14.1 Å². The molecule has 1 fully saturated rings. The van der Waals surface area contributed by atoms with Gasteiger partial charge >= 0.3 is 0 Å². The Morgan fingerprint density at radius 2 is 2.13 bits per heavy atom. The summed E-state index contributed by atoms with van der Waals surface area (Å²) in [4.78, 5) is 0. The maximum atomic E-state index is 7.58. The highest BCUT2D eigenvalue weighted by molar-refractivity contribution is 6.74. The van der Waals surface area contributed by atoms with Crippen LogP contribution in [0.5, 0.6) is 0 Å². The van der Waals surface area contributed by atoms with Gasteiger partial charge in [-0.15, -0.1) is 6.42 Å². The second-order valence-electron chi connectivity index (χ2n) is 5.54. The van der Waals surface area contributed by atoms with E-state index in [1.807, 2.05) is 0 Å². The Morgan fingerprint density at radius 3 is 2.60 bits per heavy atom. The lowest BCUT2D eigenvalue weighted by molar-refractivity contribution is 0.0864. The van der Waals surface area contributed by atoms with Gasteiger partial charge in [0.15, 0.2) is 8.32 Å². The van der Waals surface area contributed by atoms with Crippen LogP contribution in [0, 0.1) is 12.3 Å². The average Bonchev–Trinajstić information content (AvgIpc) is 2.43. The quantitative estimate of drug-likeness (QED) is 0.534. The van der Waals surface area contributed by atoms with Crippen LogP contribution in [0.25, 0.3) is 0 Å². The summed E-state index contributed by atoms with van der Waals surface area (Å²) in [5, 5.41) is 0.159. The molecule has 0 aromatic rings. The molecular formula is C12H22O2Si. The van der Waals surface area contributed by atoms with E-state index in [1.54, 1.807) is 0 Å². The van der Waals surface area contributed by atoms with E-state index in [4.69, 9.17) is 17.0 Å². The molecule has 0 radical (unpaired) electrons. The van der Waals surface area contributed by atoms with Gasteiger partial charge in [0.1, 0.15) is 6.10 Å². The van der Waals surface area contributed by atoms with Crippen LogP contribution < -0.4 is 0 Å². The van der Waals surface area contributed by atoms with E-state index in [-0.39, 0.29) is 17.2 Å². The second kappa shape index (κ2) is 4.29. The van der Waals surface area contributed by atoms with Crippen LogP contribution in [0.2, 0.25) is 18.1 Å². The van der Waals surface area contributed by atoms with Crippen molar-refractivity contribution in [1.29, 1.82) is 0 Å². The maximum absolute atomic E-state index is 7.58. The van der Waals surface area contributed by atoms with Crippen LogP contribution in [-0.2, 0) is 9.16 Å². The minimum atomic E-state index is -1.82. The predicted molar refractivity (Wildman–Crippen MR) is 65.3 cm³/mol. The molecule has 1 heterocycles. The Balaban J connectivity index is 2.71. The Labute approximate surface area is 95.9 Å². The molecular weight excluding hydrogens is 204 g/mol. The van der Waals surface area contributed by atoms with Crippen LogP contribution in [0.15, 0.2) is 0 Å². The lowest BCUT2D eigenvalue weighted by Gasteiger charge is -2.38. The summed E-state index contributed by atoms with van der Waals surface area (Å²) in [5.74, 6) is 2.57. The lowest BCUT2D eigenvalue weighted by atomic mass is 10.2. The zero-order chi connectivity index (χ0) is 12.6. The van der Waals surface area contributed by atoms with Gasteiger partial charge in [-0.05, 0) is 24.6 Å². The third-order valence-corrected chi connectivity index (χ3v) is 7.83. The van der Waals surface area contributed by atoms with Crippen molar-refractivity contribution in [2.45, 2.75) is 57.5 Å². The molecule has 2 nitrogen and oxygen atoms in total. The fourth-order valence-electron chi connectivity index (χ4n) is 1.28. The molecule has 0 aromatic carbocycles. The van der Waals surface area contributed by atoms with Gasteiger partial charge in [-0.1, -0.05) is 26.7 Å². The third-order valence-electron chi connectivity index (χ3n) is 3.33. The normalized spacial score (nSPS) is 33.6. The van der Waals surface area contributed by atoms with Crippen molar-refractivity contribution in [3.63, 3.8) is 0 Å². The van der Waals surface area contributed by atoms with Gasteiger partial charge in [-0.25, -0.2) is 0 Å². The first-order valence-corrected chi connectivity index (χ1v) is 8.30. The minimum absolute atomic E-state index is 0.103. The molecule has 0 bridgehead atoms. The number of hydrogen-bond acceptors (Lipinski definition) is 2. The summed E-state index contributed by atoms with van der Waals surface area (Å²) in [6, 6.07) is 0. The molecule has 0 aliphatic carbocycles. The molecule has 1 rings (SSSR count). The highest BCUT2D eigenvalue weighted by Crippen LogP contribution is 2.38. The monoisotopic (exact) mass is 228 g/mol. The molecule has 0 spiro atoms. The van der Waals surface area contributed by atoms with E-state index < -0.39 is 14.9 Å². The molecule has 0 aromatic heterocycles. The molecule has 15 heavy (non-hydrogen) atoms. The van der Waals surface area contributed by atoms with E-state index in [1.165, 1.54) is 0 Å². The van der Waals surface area contributed by atoms with Crippen LogP contribution in [0.4, 0.5) is 0 Å². The van der Waals surface area contributed by atoms with Gasteiger partial charge in [0, 0.05) is 0 Å². The van der Waals surface area contributed by atoms with Crippen LogP contribution >= 0.6 is 0 Å². The largest absolute Gasteiger partial charge is 0.410 e. The molecule has 1 saturated heterocycles. The Kier molecular flexibility index (Phi) is 3.20. The summed E-state index contributed by atoms with van der Waals surface area (Å²) in [7, 11) is -1.82.